The van der Waals surface area contributed by atoms with Crippen LogP contribution in [0.15, 0.2) is 34.5 Å². The second-order valence-corrected chi connectivity index (χ2v) is 9.85. The smallest absolute Gasteiger partial charge is 0.242 e. The zero-order chi connectivity index (χ0) is 21.1. The number of nitrogens with zero attached hydrogens (tertiary/aromatic N) is 1. The van der Waals surface area contributed by atoms with Crippen molar-refractivity contribution in [3.05, 3.63) is 45.6 Å². The molecule has 1 atom stereocenters. The van der Waals surface area contributed by atoms with Crippen molar-refractivity contribution in [2.75, 3.05) is 19.4 Å². The summed E-state index contributed by atoms with van der Waals surface area (Å²) in [6.45, 7) is 5.02. The van der Waals surface area contributed by atoms with Gasteiger partial charge in [0.1, 0.15) is 0 Å². The molecule has 0 fully saturated rings. The van der Waals surface area contributed by atoms with Crippen molar-refractivity contribution in [2.24, 2.45) is 0 Å². The monoisotopic (exact) mass is 423 g/mol. The van der Waals surface area contributed by atoms with Gasteiger partial charge in [-0.2, -0.15) is 0 Å². The number of anilines is 1. The van der Waals surface area contributed by atoms with E-state index in [-0.39, 0.29) is 23.1 Å². The van der Waals surface area contributed by atoms with E-state index in [1.54, 1.807) is 13.0 Å². The molecule has 0 bridgehead atoms. The highest BCUT2D eigenvalue weighted by Crippen LogP contribution is 2.27. The lowest BCUT2D eigenvalue weighted by Crippen LogP contribution is -2.29. The van der Waals surface area contributed by atoms with E-state index < -0.39 is 16.1 Å². The Morgan fingerprint density at radius 1 is 1.21 bits per heavy atom. The SMILES string of the molecule is CC(=O)N[C@H](CC(=O)Nc1cc(S(=O)(=O)N(C)C)cc(C)c1C)c1cccs1. The molecule has 2 amide bonds. The lowest BCUT2D eigenvalue weighted by Gasteiger charge is -2.19. The molecular formula is C19H25N3O4S2. The van der Waals surface area contributed by atoms with E-state index >= 15 is 0 Å². The Bertz CT molecular complexity index is 967. The van der Waals surface area contributed by atoms with Gasteiger partial charge in [-0.1, -0.05) is 6.07 Å². The van der Waals surface area contributed by atoms with Gasteiger partial charge in [0.25, 0.3) is 0 Å². The Morgan fingerprint density at radius 2 is 1.89 bits per heavy atom. The summed E-state index contributed by atoms with van der Waals surface area (Å²) in [6, 6.07) is 6.33. The van der Waals surface area contributed by atoms with E-state index in [1.165, 1.54) is 38.4 Å². The van der Waals surface area contributed by atoms with Crippen LogP contribution in [0.1, 0.15) is 35.4 Å². The van der Waals surface area contributed by atoms with Crippen molar-refractivity contribution in [1.29, 1.82) is 0 Å². The number of nitrogens with one attached hydrogen (secondary N) is 2. The van der Waals surface area contributed by atoms with Crippen molar-refractivity contribution >= 4 is 38.9 Å². The van der Waals surface area contributed by atoms with Crippen LogP contribution in [-0.2, 0) is 19.6 Å². The summed E-state index contributed by atoms with van der Waals surface area (Å²) >= 11 is 1.46. The minimum atomic E-state index is -3.62. The van der Waals surface area contributed by atoms with Gasteiger partial charge in [-0.3, -0.25) is 9.59 Å². The maximum Gasteiger partial charge on any atom is 0.242 e. The number of hydrogen-bond acceptors (Lipinski definition) is 5. The highest BCUT2D eigenvalue weighted by atomic mass is 32.2. The third-order valence-corrected chi connectivity index (χ3v) is 7.13. The Morgan fingerprint density at radius 3 is 2.43 bits per heavy atom. The molecule has 2 rings (SSSR count). The second-order valence-electron chi connectivity index (χ2n) is 6.72. The minimum absolute atomic E-state index is 0.0449. The number of carbonyl (C=O) groups excluding carboxylic acids is 2. The molecule has 0 radical (unpaired) electrons. The Kier molecular flexibility index (Phi) is 6.97. The molecular weight excluding hydrogens is 398 g/mol. The summed E-state index contributed by atoms with van der Waals surface area (Å²) in [5, 5.41) is 7.46. The van der Waals surface area contributed by atoms with Gasteiger partial charge in [-0.05, 0) is 48.6 Å². The quantitative estimate of drug-likeness (QED) is 0.716. The molecule has 0 unspecified atom stereocenters. The average molecular weight is 424 g/mol. The lowest BCUT2D eigenvalue weighted by atomic mass is 10.1. The summed E-state index contributed by atoms with van der Waals surface area (Å²) in [7, 11) is -0.702. The average Bonchev–Trinajstić information content (AvgIpc) is 3.12. The second kappa shape index (κ2) is 8.85. The zero-order valence-corrected chi connectivity index (χ0v) is 18.2. The van der Waals surface area contributed by atoms with Crippen molar-refractivity contribution in [1.82, 2.24) is 9.62 Å². The first-order chi connectivity index (χ1) is 13.0. The molecule has 0 spiro atoms. The summed E-state index contributed by atoms with van der Waals surface area (Å²) in [5.74, 6) is -0.536. The van der Waals surface area contributed by atoms with E-state index in [1.807, 2.05) is 24.4 Å². The van der Waals surface area contributed by atoms with E-state index in [0.29, 0.717) is 5.69 Å². The first-order valence-corrected chi connectivity index (χ1v) is 11.0. The molecule has 7 nitrogen and oxygen atoms in total. The fourth-order valence-electron chi connectivity index (χ4n) is 2.66. The standard InChI is InChI=1S/C19H25N3O4S2/c1-12-9-15(28(25,26)22(4)5)10-16(13(12)2)21-19(24)11-17(20-14(3)23)18-7-6-8-27-18/h6-10,17H,11H2,1-5H3,(H,20,23)(H,21,24)/t17-/m1/s1. The van der Waals surface area contributed by atoms with Gasteiger partial charge in [-0.15, -0.1) is 11.3 Å². The molecule has 0 saturated carbocycles. The molecule has 2 N–H and O–H groups in total. The van der Waals surface area contributed by atoms with E-state index in [2.05, 4.69) is 10.6 Å². The molecule has 152 valence electrons. The number of thiophene rings is 1. The van der Waals surface area contributed by atoms with E-state index in [4.69, 9.17) is 0 Å². The maximum absolute atomic E-state index is 12.6. The maximum atomic E-state index is 12.6. The van der Waals surface area contributed by atoms with Crippen LogP contribution in [0.2, 0.25) is 0 Å². The van der Waals surface area contributed by atoms with Crippen molar-refractivity contribution in [3.63, 3.8) is 0 Å². The predicted octanol–water partition coefficient (Wildman–Crippen LogP) is 2.82. The Labute approximate surface area is 169 Å². The van der Waals surface area contributed by atoms with E-state index in [9.17, 15) is 18.0 Å². The van der Waals surface area contributed by atoms with E-state index in [0.717, 1.165) is 20.3 Å². The molecule has 1 aromatic carbocycles. The molecule has 0 saturated heterocycles. The van der Waals surface area contributed by atoms with Crippen molar-refractivity contribution in [3.8, 4) is 0 Å². The third kappa shape index (κ3) is 5.18. The number of aryl methyl sites for hydroxylation is 1. The number of amides is 2. The van der Waals surface area contributed by atoms with Gasteiger partial charge >= 0.3 is 0 Å². The zero-order valence-electron chi connectivity index (χ0n) is 16.6. The first-order valence-electron chi connectivity index (χ1n) is 8.66. The number of rotatable bonds is 7. The molecule has 1 aromatic heterocycles. The fraction of sp³-hybridized carbons (Fsp3) is 0.368. The molecule has 0 aliphatic carbocycles. The summed E-state index contributed by atoms with van der Waals surface area (Å²) < 4.78 is 26.0. The van der Waals surface area contributed by atoms with Crippen LogP contribution in [0.4, 0.5) is 5.69 Å². The van der Waals surface area contributed by atoms with Gasteiger partial charge in [0.05, 0.1) is 17.4 Å². The normalized spacial score (nSPS) is 12.6. The first kappa shape index (κ1) is 22.1. The molecule has 0 aliphatic heterocycles. The number of carbonyl (C=O) groups is 2. The van der Waals surface area contributed by atoms with Crippen LogP contribution in [0, 0.1) is 13.8 Å². The summed E-state index contributed by atoms with van der Waals surface area (Å²) in [5.41, 5.74) is 1.99. The molecule has 0 aliphatic rings. The fourth-order valence-corrected chi connectivity index (χ4v) is 4.45. The van der Waals surface area contributed by atoms with Crippen LogP contribution in [-0.4, -0.2) is 38.6 Å². The summed E-state index contributed by atoms with van der Waals surface area (Å²) in [6.07, 6.45) is 0.0449. The van der Waals surface area contributed by atoms with Gasteiger partial charge in [0.15, 0.2) is 0 Å². The van der Waals surface area contributed by atoms with Crippen molar-refractivity contribution in [2.45, 2.75) is 38.1 Å². The van der Waals surface area contributed by atoms with Gasteiger partial charge in [0, 0.05) is 31.6 Å². The van der Waals surface area contributed by atoms with Crippen LogP contribution in [0.3, 0.4) is 0 Å². The van der Waals surface area contributed by atoms with Gasteiger partial charge in [0.2, 0.25) is 21.8 Å². The third-order valence-electron chi connectivity index (χ3n) is 4.35. The van der Waals surface area contributed by atoms with Crippen LogP contribution in [0.5, 0.6) is 0 Å². The highest BCUT2D eigenvalue weighted by molar-refractivity contribution is 7.89. The van der Waals surface area contributed by atoms with Gasteiger partial charge in [-0.25, -0.2) is 12.7 Å². The summed E-state index contributed by atoms with van der Waals surface area (Å²) in [4.78, 5) is 25.1. The number of sulfonamides is 1. The topological polar surface area (TPSA) is 95.6 Å². The molecule has 9 heteroatoms. The lowest BCUT2D eigenvalue weighted by molar-refractivity contribution is -0.120. The largest absolute Gasteiger partial charge is 0.348 e. The van der Waals surface area contributed by atoms with Crippen molar-refractivity contribution < 1.29 is 18.0 Å². The minimum Gasteiger partial charge on any atom is -0.348 e. The van der Waals surface area contributed by atoms with Crippen LogP contribution in [0.25, 0.3) is 0 Å². The Balaban J connectivity index is 2.27. The number of hydrogen-bond donors (Lipinski definition) is 2. The van der Waals surface area contributed by atoms with Crippen LogP contribution >= 0.6 is 11.3 Å². The van der Waals surface area contributed by atoms with Gasteiger partial charge < -0.3 is 10.6 Å². The highest BCUT2D eigenvalue weighted by Gasteiger charge is 2.22. The molecule has 2 aromatic rings. The number of benzene rings is 1. The Hall–Kier alpha value is -2.23. The molecule has 1 heterocycles. The van der Waals surface area contributed by atoms with Crippen LogP contribution < -0.4 is 10.6 Å². The molecule has 28 heavy (non-hydrogen) atoms. The predicted molar refractivity (Wildman–Crippen MR) is 111 cm³/mol.